The number of aromatic amines is 1. The highest BCUT2D eigenvalue weighted by atomic mass is 32.2. The van der Waals surface area contributed by atoms with Crippen molar-refractivity contribution in [1.29, 1.82) is 0 Å². The molecule has 8 nitrogen and oxygen atoms in total. The largest absolute Gasteiger partial charge is 0.477 e. The van der Waals surface area contributed by atoms with E-state index in [2.05, 4.69) is 9.71 Å². The second-order valence-electron chi connectivity index (χ2n) is 4.77. The molecule has 21 heavy (non-hydrogen) atoms. The van der Waals surface area contributed by atoms with Gasteiger partial charge in [0.2, 0.25) is 10.0 Å². The Hall–Kier alpha value is -1.39. The van der Waals surface area contributed by atoms with Gasteiger partial charge in [0.25, 0.3) is 0 Å². The van der Waals surface area contributed by atoms with Gasteiger partial charge in [-0.05, 0) is 20.3 Å². The molecule has 0 aliphatic heterocycles. The van der Waals surface area contributed by atoms with Crippen LogP contribution in [0.25, 0.3) is 0 Å². The van der Waals surface area contributed by atoms with E-state index in [1.807, 2.05) is 0 Å². The number of aromatic carboxylic acids is 1. The molecule has 0 saturated heterocycles. The monoisotopic (exact) mass is 338 g/mol. The van der Waals surface area contributed by atoms with Gasteiger partial charge in [-0.15, -0.1) is 0 Å². The highest BCUT2D eigenvalue weighted by molar-refractivity contribution is 7.90. The average Bonchev–Trinajstić information content (AvgIpc) is 2.60. The minimum absolute atomic E-state index is 0.0398. The fraction of sp³-hybridized carbons (Fsp3) is 0.545. The molecule has 1 aromatic heterocycles. The zero-order chi connectivity index (χ0) is 16.4. The Morgan fingerprint density at radius 3 is 2.24 bits per heavy atom. The van der Waals surface area contributed by atoms with Crippen molar-refractivity contribution in [2.45, 2.75) is 25.2 Å². The molecule has 0 fully saturated rings. The van der Waals surface area contributed by atoms with Crippen LogP contribution < -0.4 is 4.72 Å². The fourth-order valence-corrected chi connectivity index (χ4v) is 4.15. The highest BCUT2D eigenvalue weighted by Crippen LogP contribution is 2.22. The van der Waals surface area contributed by atoms with Crippen molar-refractivity contribution in [3.63, 3.8) is 0 Å². The lowest BCUT2D eigenvalue weighted by Crippen LogP contribution is -2.27. The van der Waals surface area contributed by atoms with Crippen LogP contribution in [-0.2, 0) is 19.9 Å². The van der Waals surface area contributed by atoms with E-state index < -0.39 is 25.8 Å². The lowest BCUT2D eigenvalue weighted by atomic mass is 10.2. The van der Waals surface area contributed by atoms with E-state index in [1.54, 1.807) is 0 Å². The van der Waals surface area contributed by atoms with Gasteiger partial charge in [-0.25, -0.2) is 26.4 Å². The van der Waals surface area contributed by atoms with Gasteiger partial charge in [-0.2, -0.15) is 0 Å². The third-order valence-electron chi connectivity index (χ3n) is 2.84. The van der Waals surface area contributed by atoms with Crippen molar-refractivity contribution < 1.29 is 26.7 Å². The van der Waals surface area contributed by atoms with Crippen molar-refractivity contribution in [2.75, 3.05) is 18.6 Å². The number of sulfone groups is 1. The maximum Gasteiger partial charge on any atom is 0.352 e. The predicted molar refractivity (Wildman–Crippen MR) is 76.7 cm³/mol. The number of carboxylic acids is 1. The van der Waals surface area contributed by atoms with Gasteiger partial charge in [0.15, 0.2) is 0 Å². The maximum atomic E-state index is 12.2. The number of H-pyrrole nitrogens is 1. The van der Waals surface area contributed by atoms with E-state index in [9.17, 15) is 21.6 Å². The molecule has 0 amide bonds. The van der Waals surface area contributed by atoms with E-state index in [0.717, 1.165) is 6.26 Å². The van der Waals surface area contributed by atoms with Gasteiger partial charge in [0, 0.05) is 24.1 Å². The van der Waals surface area contributed by atoms with Crippen LogP contribution in [0, 0.1) is 13.8 Å². The summed E-state index contributed by atoms with van der Waals surface area (Å²) in [6.07, 6.45) is 1.22. The summed E-state index contributed by atoms with van der Waals surface area (Å²) in [5, 5.41) is 8.96. The van der Waals surface area contributed by atoms with Crippen LogP contribution in [0.3, 0.4) is 0 Å². The van der Waals surface area contributed by atoms with Crippen molar-refractivity contribution in [3.8, 4) is 0 Å². The Kier molecular flexibility index (Phi) is 5.18. The topological polar surface area (TPSA) is 133 Å². The van der Waals surface area contributed by atoms with Crippen molar-refractivity contribution in [2.24, 2.45) is 0 Å². The molecular weight excluding hydrogens is 320 g/mol. The summed E-state index contributed by atoms with van der Waals surface area (Å²) < 4.78 is 48.5. The van der Waals surface area contributed by atoms with Crippen LogP contribution in [0.2, 0.25) is 0 Å². The molecule has 0 bridgehead atoms. The Morgan fingerprint density at radius 1 is 1.24 bits per heavy atom. The first-order valence-corrected chi connectivity index (χ1v) is 9.60. The van der Waals surface area contributed by atoms with Crippen molar-refractivity contribution >= 4 is 25.8 Å². The quantitative estimate of drug-likeness (QED) is 0.601. The number of rotatable bonds is 7. The SMILES string of the molecule is Cc1[nH]c(C(=O)O)c(C)c1S(=O)(=O)NCCCS(C)(=O)=O. The summed E-state index contributed by atoms with van der Waals surface area (Å²) in [4.78, 5) is 13.4. The number of carboxylic acid groups (broad SMARTS) is 1. The summed E-state index contributed by atoms with van der Waals surface area (Å²) in [6.45, 7) is 2.82. The zero-order valence-corrected chi connectivity index (χ0v) is 13.6. The molecule has 0 unspecified atom stereocenters. The molecule has 0 saturated carbocycles. The molecule has 0 radical (unpaired) electrons. The Labute approximate surface area is 123 Å². The molecule has 0 aromatic carbocycles. The first kappa shape index (κ1) is 17.7. The Morgan fingerprint density at radius 2 is 1.81 bits per heavy atom. The molecule has 0 aliphatic rings. The Balaban J connectivity index is 2.92. The number of hydrogen-bond donors (Lipinski definition) is 3. The second kappa shape index (κ2) is 6.16. The first-order valence-electron chi connectivity index (χ1n) is 6.05. The van der Waals surface area contributed by atoms with Crippen molar-refractivity contribution in [3.05, 3.63) is 17.0 Å². The molecule has 0 atom stereocenters. The number of hydrogen-bond acceptors (Lipinski definition) is 5. The number of sulfonamides is 1. The normalized spacial score (nSPS) is 12.5. The molecule has 1 aromatic rings. The van der Waals surface area contributed by atoms with Crippen molar-refractivity contribution in [1.82, 2.24) is 9.71 Å². The van der Waals surface area contributed by atoms with Crippen LogP contribution in [0.1, 0.15) is 28.2 Å². The van der Waals surface area contributed by atoms with Crippen LogP contribution in [0.15, 0.2) is 4.90 Å². The average molecular weight is 338 g/mol. The van der Waals surface area contributed by atoms with Gasteiger partial charge < -0.3 is 10.1 Å². The summed E-state index contributed by atoms with van der Waals surface area (Å²) in [6, 6.07) is 0. The van der Waals surface area contributed by atoms with Gasteiger partial charge >= 0.3 is 5.97 Å². The standard InChI is InChI=1S/C11H18N2O6S2/c1-7-9(11(14)15)13-8(2)10(7)21(18,19)12-5-4-6-20(3,16)17/h12-13H,4-6H2,1-3H3,(H,14,15). The second-order valence-corrected chi connectivity index (χ2v) is 8.73. The lowest BCUT2D eigenvalue weighted by molar-refractivity contribution is 0.0690. The predicted octanol–water partition coefficient (Wildman–Crippen LogP) is 0.0427. The fourth-order valence-electron chi connectivity index (χ4n) is 1.96. The molecule has 10 heteroatoms. The van der Waals surface area contributed by atoms with Crippen LogP contribution in [0.5, 0.6) is 0 Å². The minimum atomic E-state index is -3.89. The minimum Gasteiger partial charge on any atom is -0.477 e. The molecule has 3 N–H and O–H groups in total. The maximum absolute atomic E-state index is 12.2. The molecule has 1 heterocycles. The van der Waals surface area contributed by atoms with Gasteiger partial charge in [0.1, 0.15) is 20.4 Å². The third kappa shape index (κ3) is 4.55. The molecule has 0 spiro atoms. The highest BCUT2D eigenvalue weighted by Gasteiger charge is 2.25. The summed E-state index contributed by atoms with van der Waals surface area (Å²) >= 11 is 0. The third-order valence-corrected chi connectivity index (χ3v) is 5.60. The van der Waals surface area contributed by atoms with E-state index in [0.29, 0.717) is 0 Å². The van der Waals surface area contributed by atoms with Gasteiger partial charge in [-0.1, -0.05) is 0 Å². The summed E-state index contributed by atoms with van der Waals surface area (Å²) in [5.74, 6) is -1.37. The summed E-state index contributed by atoms with van der Waals surface area (Å²) in [7, 11) is -7.04. The lowest BCUT2D eigenvalue weighted by Gasteiger charge is -2.07. The first-order chi connectivity index (χ1) is 9.46. The van der Waals surface area contributed by atoms with E-state index in [1.165, 1.54) is 13.8 Å². The van der Waals surface area contributed by atoms with Crippen LogP contribution in [0.4, 0.5) is 0 Å². The van der Waals surface area contributed by atoms with E-state index >= 15 is 0 Å². The number of nitrogens with one attached hydrogen (secondary N) is 2. The van der Waals surface area contributed by atoms with Gasteiger partial charge in [-0.3, -0.25) is 0 Å². The number of aromatic nitrogens is 1. The molecule has 0 aliphatic carbocycles. The van der Waals surface area contributed by atoms with E-state index in [-0.39, 0.29) is 40.6 Å². The number of aryl methyl sites for hydroxylation is 1. The van der Waals surface area contributed by atoms with Crippen LogP contribution in [-0.4, -0.2) is 51.4 Å². The Bertz CT molecular complexity index is 746. The molecule has 120 valence electrons. The van der Waals surface area contributed by atoms with Crippen LogP contribution >= 0.6 is 0 Å². The molecular formula is C11H18N2O6S2. The summed E-state index contributed by atoms with van der Waals surface area (Å²) in [5.41, 5.74) is 0.167. The van der Waals surface area contributed by atoms with Gasteiger partial charge in [0.05, 0.1) is 5.75 Å². The van der Waals surface area contributed by atoms with E-state index in [4.69, 9.17) is 5.11 Å². The molecule has 1 rings (SSSR count). The zero-order valence-electron chi connectivity index (χ0n) is 11.9. The smallest absolute Gasteiger partial charge is 0.352 e. The number of carbonyl (C=O) groups is 1.